The van der Waals surface area contributed by atoms with Crippen LogP contribution in [0.5, 0.6) is 0 Å². The number of esters is 1. The Hall–Kier alpha value is -4.40. The van der Waals surface area contributed by atoms with E-state index >= 15 is 0 Å². The lowest BCUT2D eigenvalue weighted by Gasteiger charge is -2.26. The number of amides is 2. The molecule has 0 radical (unpaired) electrons. The minimum Gasteiger partial charge on any atom is -0.451 e. The Labute approximate surface area is 248 Å². The molecule has 2 aliphatic heterocycles. The number of carbonyl (C=O) groups is 3. The van der Waals surface area contributed by atoms with Crippen molar-refractivity contribution < 1.29 is 32.6 Å². The monoisotopic (exact) mass is 608 g/mol. The zero-order valence-corrected chi connectivity index (χ0v) is 24.4. The van der Waals surface area contributed by atoms with Gasteiger partial charge in [0.05, 0.1) is 29.7 Å². The van der Waals surface area contributed by atoms with Crippen LogP contribution in [0.1, 0.15) is 64.6 Å². The fourth-order valence-corrected chi connectivity index (χ4v) is 6.62. The Morgan fingerprint density at radius 3 is 2.53 bits per heavy atom. The first-order valence-corrected chi connectivity index (χ1v) is 15.5. The topological polar surface area (TPSA) is 194 Å². The maximum absolute atomic E-state index is 13.5. The number of nitrogens with two attached hydrogens (primary N) is 1. The Kier molecular flexibility index (Phi) is 8.18. The van der Waals surface area contributed by atoms with Crippen molar-refractivity contribution in [3.63, 3.8) is 0 Å². The first kappa shape index (κ1) is 30.1. The first-order chi connectivity index (χ1) is 20.4. The van der Waals surface area contributed by atoms with E-state index in [9.17, 15) is 27.9 Å². The number of imide groups is 1. The van der Waals surface area contributed by atoms with E-state index in [2.05, 4.69) is 20.6 Å². The van der Waals surface area contributed by atoms with Crippen LogP contribution in [0.2, 0.25) is 0 Å². The van der Waals surface area contributed by atoms with E-state index in [1.165, 1.54) is 6.20 Å². The molecule has 5 N–H and O–H groups in total. The molecule has 0 spiro atoms. The average molecular weight is 609 g/mol. The molecule has 14 heteroatoms. The third kappa shape index (κ3) is 6.35. The molecule has 43 heavy (non-hydrogen) atoms. The Morgan fingerprint density at radius 1 is 1.16 bits per heavy atom. The summed E-state index contributed by atoms with van der Waals surface area (Å²) in [4.78, 5) is 47.5. The third-order valence-corrected chi connectivity index (χ3v) is 9.28. The number of nitrogens with zero attached hydrogens (tertiary/aromatic N) is 3. The summed E-state index contributed by atoms with van der Waals surface area (Å²) < 4.78 is 29.0. The van der Waals surface area contributed by atoms with E-state index in [0.717, 1.165) is 0 Å². The van der Waals surface area contributed by atoms with Crippen molar-refractivity contribution in [2.75, 3.05) is 28.7 Å². The summed E-state index contributed by atoms with van der Waals surface area (Å²) in [6.45, 7) is 3.22. The predicted octanol–water partition coefficient (Wildman–Crippen LogP) is 2.44. The van der Waals surface area contributed by atoms with Crippen molar-refractivity contribution in [1.82, 2.24) is 15.0 Å². The Balaban J connectivity index is 1.45. The fraction of sp³-hybridized carbons (Fsp3) is 0.345. The van der Waals surface area contributed by atoms with Crippen LogP contribution in [0.3, 0.4) is 0 Å². The predicted molar refractivity (Wildman–Crippen MR) is 157 cm³/mol. The van der Waals surface area contributed by atoms with E-state index < -0.39 is 45.2 Å². The molecule has 1 atom stereocenters. The van der Waals surface area contributed by atoms with Crippen molar-refractivity contribution in [2.24, 2.45) is 11.8 Å². The number of hydrogen-bond acceptors (Lipinski definition) is 12. The molecule has 3 heterocycles. The Morgan fingerprint density at radius 2 is 1.86 bits per heavy atom. The van der Waals surface area contributed by atoms with Crippen LogP contribution in [-0.4, -0.2) is 64.4 Å². The second-order valence-corrected chi connectivity index (χ2v) is 13.3. The number of aliphatic hydroxyl groups is 1. The molecular formula is C29H32N6O7S. The van der Waals surface area contributed by atoms with Gasteiger partial charge in [0.15, 0.2) is 0 Å². The largest absolute Gasteiger partial charge is 0.451 e. The molecular weight excluding hydrogens is 576 g/mol. The summed E-state index contributed by atoms with van der Waals surface area (Å²) in [5.74, 6) is 3.02. The van der Waals surface area contributed by atoms with Crippen molar-refractivity contribution in [3.8, 4) is 0 Å². The van der Waals surface area contributed by atoms with Gasteiger partial charge < -0.3 is 20.5 Å². The summed E-state index contributed by atoms with van der Waals surface area (Å²) in [6, 6.07) is 13.4. The number of cyclic esters (lactones) is 1. The molecule has 2 aliphatic rings. The molecule has 0 unspecified atom stereocenters. The van der Waals surface area contributed by atoms with E-state index in [4.69, 9.17) is 10.6 Å². The number of anilines is 3. The number of sulfone groups is 1. The van der Waals surface area contributed by atoms with Crippen LogP contribution in [0.15, 0.2) is 54.7 Å². The standard InChI is InChI=1S/C29H32N6O7S/c1-29(2)22-14-19(8-9-20(22)27(39)42-29)32-28-31-15-21(24(34-28)33-23(16-36)17-6-4-3-5-7-17)26(38)35(30)25(37)18-10-12-43(40,41)13-11-18/h3-9,14-15,18,23,36H,10-13,16,30H2,1-2H3,(H2,31,32,33,34)/t23-/m1/s1. The molecule has 0 saturated carbocycles. The maximum Gasteiger partial charge on any atom is 0.339 e. The minimum absolute atomic E-state index is 0.000115. The van der Waals surface area contributed by atoms with E-state index in [1.54, 1.807) is 56.3 Å². The second-order valence-electron chi connectivity index (χ2n) is 11.0. The summed E-state index contributed by atoms with van der Waals surface area (Å²) >= 11 is 0. The van der Waals surface area contributed by atoms with Crippen LogP contribution >= 0.6 is 0 Å². The lowest BCUT2D eigenvalue weighted by Crippen LogP contribution is -2.47. The smallest absolute Gasteiger partial charge is 0.339 e. The molecule has 13 nitrogen and oxygen atoms in total. The van der Waals surface area contributed by atoms with Crippen LogP contribution in [0.25, 0.3) is 0 Å². The van der Waals surface area contributed by atoms with Gasteiger partial charge in [-0.25, -0.2) is 29.0 Å². The van der Waals surface area contributed by atoms with Crippen LogP contribution in [-0.2, 0) is 25.0 Å². The number of fused-ring (bicyclic) bond motifs is 1. The highest BCUT2D eigenvalue weighted by molar-refractivity contribution is 7.91. The summed E-state index contributed by atoms with van der Waals surface area (Å²) in [6.07, 6.45) is 1.35. The zero-order valence-electron chi connectivity index (χ0n) is 23.6. The van der Waals surface area contributed by atoms with Crippen LogP contribution in [0, 0.1) is 5.92 Å². The summed E-state index contributed by atoms with van der Waals surface area (Å²) in [7, 11) is -3.22. The van der Waals surface area contributed by atoms with Gasteiger partial charge in [0.25, 0.3) is 5.91 Å². The molecule has 1 aromatic heterocycles. The number of rotatable bonds is 8. The highest BCUT2D eigenvalue weighted by Gasteiger charge is 2.38. The summed E-state index contributed by atoms with van der Waals surface area (Å²) in [5, 5.41) is 16.8. The molecule has 0 aliphatic carbocycles. The molecule has 2 amide bonds. The number of hydrazine groups is 1. The number of carbonyl (C=O) groups excluding carboxylic acids is 3. The van der Waals surface area contributed by atoms with Gasteiger partial charge in [-0.2, -0.15) is 4.98 Å². The lowest BCUT2D eigenvalue weighted by molar-refractivity contribution is -0.133. The number of hydrogen-bond donors (Lipinski definition) is 4. The van der Waals surface area contributed by atoms with Crippen molar-refractivity contribution >= 4 is 45.1 Å². The first-order valence-electron chi connectivity index (χ1n) is 13.7. The molecule has 226 valence electrons. The summed E-state index contributed by atoms with van der Waals surface area (Å²) in [5.41, 5.74) is 1.46. The van der Waals surface area contributed by atoms with Gasteiger partial charge >= 0.3 is 5.97 Å². The van der Waals surface area contributed by atoms with Gasteiger partial charge in [-0.1, -0.05) is 30.3 Å². The molecule has 5 rings (SSSR count). The molecule has 2 aromatic carbocycles. The van der Waals surface area contributed by atoms with Crippen LogP contribution in [0.4, 0.5) is 17.5 Å². The number of nitrogens with one attached hydrogen (secondary N) is 2. The quantitative estimate of drug-likeness (QED) is 0.0961. The van der Waals surface area contributed by atoms with Gasteiger partial charge in [0.1, 0.15) is 26.8 Å². The molecule has 1 saturated heterocycles. The fourth-order valence-electron chi connectivity index (χ4n) is 5.13. The van der Waals surface area contributed by atoms with Gasteiger partial charge in [0, 0.05) is 23.4 Å². The number of aromatic nitrogens is 2. The van der Waals surface area contributed by atoms with E-state index in [-0.39, 0.29) is 48.3 Å². The van der Waals surface area contributed by atoms with Gasteiger partial charge in [-0.15, -0.1) is 0 Å². The maximum atomic E-state index is 13.5. The van der Waals surface area contributed by atoms with Gasteiger partial charge in [0.2, 0.25) is 11.9 Å². The van der Waals surface area contributed by atoms with Crippen molar-refractivity contribution in [2.45, 2.75) is 38.3 Å². The third-order valence-electron chi connectivity index (χ3n) is 7.57. The number of benzene rings is 2. The molecule has 0 bridgehead atoms. The van der Waals surface area contributed by atoms with E-state index in [0.29, 0.717) is 27.4 Å². The zero-order chi connectivity index (χ0) is 30.9. The van der Waals surface area contributed by atoms with Gasteiger partial charge in [-0.3, -0.25) is 9.59 Å². The highest BCUT2D eigenvalue weighted by Crippen LogP contribution is 2.37. The normalized spacial score (nSPS) is 17.8. The minimum atomic E-state index is -3.22. The number of ether oxygens (including phenoxy) is 1. The number of aliphatic hydroxyl groups excluding tert-OH is 1. The van der Waals surface area contributed by atoms with Gasteiger partial charge in [-0.05, 0) is 50.5 Å². The van der Waals surface area contributed by atoms with Crippen LogP contribution < -0.4 is 16.5 Å². The Bertz CT molecular complexity index is 1670. The van der Waals surface area contributed by atoms with Crippen molar-refractivity contribution in [1.29, 1.82) is 0 Å². The average Bonchev–Trinajstić information content (AvgIpc) is 3.22. The highest BCUT2D eigenvalue weighted by atomic mass is 32.2. The SMILES string of the molecule is CC1(C)OC(=O)c2ccc(Nc3ncc(C(=O)N(N)C(=O)C4CCS(=O)(=O)CC4)c(N[C@H](CO)c4ccccc4)n3)cc21. The molecule has 3 aromatic rings. The second kappa shape index (κ2) is 11.7. The van der Waals surface area contributed by atoms with Crippen molar-refractivity contribution in [3.05, 3.63) is 77.0 Å². The molecule has 1 fully saturated rings. The lowest BCUT2D eigenvalue weighted by atomic mass is 9.95. The van der Waals surface area contributed by atoms with E-state index in [1.807, 2.05) is 6.07 Å².